The molecule has 6 heteroatoms. The van der Waals surface area contributed by atoms with Gasteiger partial charge in [-0.25, -0.2) is 0 Å². The lowest BCUT2D eigenvalue weighted by molar-refractivity contribution is -0.167. The van der Waals surface area contributed by atoms with Crippen molar-refractivity contribution in [3.05, 3.63) is 0 Å². The van der Waals surface area contributed by atoms with Crippen LogP contribution in [-0.4, -0.2) is 37.2 Å². The van der Waals surface area contributed by atoms with Gasteiger partial charge in [-0.05, 0) is 19.3 Å². The number of hydrogen-bond acceptors (Lipinski definition) is 6. The molecular weight excluding hydrogens is 853 g/mol. The van der Waals surface area contributed by atoms with Crippen LogP contribution in [0.25, 0.3) is 0 Å². The molecule has 0 N–H and O–H groups in total. The molecule has 0 fully saturated rings. The van der Waals surface area contributed by atoms with Crippen LogP contribution in [-0.2, 0) is 28.6 Å². The Labute approximate surface area is 431 Å². The van der Waals surface area contributed by atoms with Crippen molar-refractivity contribution < 1.29 is 28.6 Å². The Balaban J connectivity index is 4.24. The normalized spacial score (nSPS) is 11.9. The molecule has 0 aliphatic carbocycles. The van der Waals surface area contributed by atoms with E-state index in [-0.39, 0.29) is 31.1 Å². The highest BCUT2D eigenvalue weighted by atomic mass is 16.6. The first kappa shape index (κ1) is 67.4. The van der Waals surface area contributed by atoms with E-state index >= 15 is 0 Å². The fraction of sp³-hybridized carbons (Fsp3) is 0.952. The summed E-state index contributed by atoms with van der Waals surface area (Å²) in [5, 5.41) is 0. The molecule has 0 heterocycles. The Morgan fingerprint density at radius 2 is 0.391 bits per heavy atom. The van der Waals surface area contributed by atoms with Crippen molar-refractivity contribution in [3.63, 3.8) is 0 Å². The van der Waals surface area contributed by atoms with E-state index in [0.29, 0.717) is 19.3 Å². The Kier molecular flexibility index (Phi) is 57.6. The third-order valence-corrected chi connectivity index (χ3v) is 14.6. The maximum absolute atomic E-state index is 12.9. The van der Waals surface area contributed by atoms with Gasteiger partial charge in [0, 0.05) is 19.3 Å². The predicted molar refractivity (Wildman–Crippen MR) is 298 cm³/mol. The van der Waals surface area contributed by atoms with Crippen LogP contribution in [0.3, 0.4) is 0 Å². The van der Waals surface area contributed by atoms with Crippen molar-refractivity contribution in [3.8, 4) is 0 Å². The number of ether oxygens (including phenoxy) is 3. The van der Waals surface area contributed by atoms with Crippen molar-refractivity contribution >= 4 is 17.9 Å². The molecule has 0 amide bonds. The minimum absolute atomic E-state index is 0.0606. The second-order valence-corrected chi connectivity index (χ2v) is 21.7. The molecule has 0 bridgehead atoms. The van der Waals surface area contributed by atoms with E-state index in [4.69, 9.17) is 14.2 Å². The molecule has 0 aliphatic rings. The highest BCUT2D eigenvalue weighted by Crippen LogP contribution is 2.18. The molecule has 0 radical (unpaired) electrons. The zero-order chi connectivity index (χ0) is 50.0. The van der Waals surface area contributed by atoms with Crippen LogP contribution in [0.5, 0.6) is 0 Å². The monoisotopic (exact) mass is 975 g/mol. The summed E-state index contributed by atoms with van der Waals surface area (Å²) < 4.78 is 16.9. The van der Waals surface area contributed by atoms with E-state index in [9.17, 15) is 14.4 Å². The second kappa shape index (κ2) is 59.0. The second-order valence-electron chi connectivity index (χ2n) is 21.7. The fourth-order valence-corrected chi connectivity index (χ4v) is 9.86. The van der Waals surface area contributed by atoms with Crippen LogP contribution in [0, 0.1) is 0 Å². The Hall–Kier alpha value is -1.59. The van der Waals surface area contributed by atoms with Crippen LogP contribution in [0.1, 0.15) is 367 Å². The molecule has 69 heavy (non-hydrogen) atoms. The molecule has 0 aromatic rings. The summed E-state index contributed by atoms with van der Waals surface area (Å²) >= 11 is 0. The van der Waals surface area contributed by atoms with Gasteiger partial charge in [-0.15, -0.1) is 0 Å². The number of esters is 3. The van der Waals surface area contributed by atoms with Crippen molar-refractivity contribution in [2.24, 2.45) is 0 Å². The summed E-state index contributed by atoms with van der Waals surface area (Å²) in [7, 11) is 0. The van der Waals surface area contributed by atoms with Crippen LogP contribution in [0.15, 0.2) is 0 Å². The van der Waals surface area contributed by atoms with Crippen molar-refractivity contribution in [2.75, 3.05) is 13.2 Å². The first-order valence-electron chi connectivity index (χ1n) is 31.5. The Morgan fingerprint density at radius 1 is 0.232 bits per heavy atom. The van der Waals surface area contributed by atoms with Crippen LogP contribution >= 0.6 is 0 Å². The van der Waals surface area contributed by atoms with E-state index in [2.05, 4.69) is 20.8 Å². The number of carbonyl (C=O) groups is 3. The molecule has 1 unspecified atom stereocenters. The molecule has 0 aromatic carbocycles. The van der Waals surface area contributed by atoms with Gasteiger partial charge in [0.1, 0.15) is 13.2 Å². The highest BCUT2D eigenvalue weighted by Gasteiger charge is 2.19. The van der Waals surface area contributed by atoms with Gasteiger partial charge in [0.15, 0.2) is 6.10 Å². The SMILES string of the molecule is CCCCCCCCCCCCCCCCCCCCCCCC(=O)OCC(COC(=O)CCCCCCCCCCCCCCC)OC(=O)CCCCCCCCCCCCCCCCCCC. The quantitative estimate of drug-likeness (QED) is 0.0343. The first-order valence-corrected chi connectivity index (χ1v) is 31.5. The minimum Gasteiger partial charge on any atom is -0.462 e. The molecular formula is C63H122O6. The third-order valence-electron chi connectivity index (χ3n) is 14.6. The Morgan fingerprint density at radius 3 is 0.580 bits per heavy atom. The summed E-state index contributed by atoms with van der Waals surface area (Å²) in [6.07, 6.45) is 66.8. The molecule has 0 saturated heterocycles. The van der Waals surface area contributed by atoms with E-state index in [1.165, 1.54) is 270 Å². The van der Waals surface area contributed by atoms with Gasteiger partial charge in [0.05, 0.1) is 0 Å². The number of rotatable bonds is 59. The van der Waals surface area contributed by atoms with E-state index in [0.717, 1.165) is 57.8 Å². The number of carbonyl (C=O) groups excluding carboxylic acids is 3. The van der Waals surface area contributed by atoms with Gasteiger partial charge < -0.3 is 14.2 Å². The van der Waals surface area contributed by atoms with Crippen molar-refractivity contribution in [1.29, 1.82) is 0 Å². The third kappa shape index (κ3) is 57.2. The summed E-state index contributed by atoms with van der Waals surface area (Å²) in [6.45, 7) is 6.72. The molecule has 0 rings (SSSR count). The van der Waals surface area contributed by atoms with E-state index in [1.807, 2.05) is 0 Å². The Bertz CT molecular complexity index is 1030. The van der Waals surface area contributed by atoms with Gasteiger partial charge in [0.25, 0.3) is 0 Å². The highest BCUT2D eigenvalue weighted by molar-refractivity contribution is 5.71. The van der Waals surface area contributed by atoms with E-state index < -0.39 is 6.10 Å². The van der Waals surface area contributed by atoms with Crippen LogP contribution in [0.2, 0.25) is 0 Å². The van der Waals surface area contributed by atoms with Crippen molar-refractivity contribution in [2.45, 2.75) is 374 Å². The fourth-order valence-electron chi connectivity index (χ4n) is 9.86. The summed E-state index contributed by atoms with van der Waals surface area (Å²) in [5.74, 6) is -0.826. The van der Waals surface area contributed by atoms with Crippen LogP contribution in [0.4, 0.5) is 0 Å². The number of hydrogen-bond donors (Lipinski definition) is 0. The van der Waals surface area contributed by atoms with Crippen molar-refractivity contribution in [1.82, 2.24) is 0 Å². The average molecular weight is 976 g/mol. The van der Waals surface area contributed by atoms with Gasteiger partial charge >= 0.3 is 17.9 Å². The van der Waals surface area contributed by atoms with Gasteiger partial charge in [0.2, 0.25) is 0 Å². The molecule has 0 aliphatic heterocycles. The lowest BCUT2D eigenvalue weighted by Gasteiger charge is -2.18. The average Bonchev–Trinajstić information content (AvgIpc) is 3.35. The smallest absolute Gasteiger partial charge is 0.306 e. The maximum Gasteiger partial charge on any atom is 0.306 e. The molecule has 410 valence electrons. The lowest BCUT2D eigenvalue weighted by Crippen LogP contribution is -2.30. The minimum atomic E-state index is -0.762. The zero-order valence-electron chi connectivity index (χ0n) is 47.1. The predicted octanol–water partition coefficient (Wildman–Crippen LogP) is 21.1. The largest absolute Gasteiger partial charge is 0.462 e. The summed E-state index contributed by atoms with van der Waals surface area (Å²) in [4.78, 5) is 38.2. The molecule has 0 spiro atoms. The number of unbranched alkanes of at least 4 members (excludes halogenated alkanes) is 48. The van der Waals surface area contributed by atoms with Gasteiger partial charge in [-0.1, -0.05) is 329 Å². The van der Waals surface area contributed by atoms with Gasteiger partial charge in [-0.2, -0.15) is 0 Å². The summed E-state index contributed by atoms with van der Waals surface area (Å²) in [6, 6.07) is 0. The molecule has 6 nitrogen and oxygen atoms in total. The first-order chi connectivity index (χ1) is 34.0. The molecule has 1 atom stereocenters. The topological polar surface area (TPSA) is 78.9 Å². The standard InChI is InChI=1S/C63H122O6/c1-4-7-10-13-16-19-22-25-27-29-30-31-32-34-35-38-41-44-47-50-53-56-62(65)68-59-60(58-67-61(64)55-52-49-46-43-40-37-24-21-18-15-12-9-6-3)69-63(66)57-54-51-48-45-42-39-36-33-28-26-23-20-17-14-11-8-5-2/h60H,4-59H2,1-3H3. The zero-order valence-corrected chi connectivity index (χ0v) is 47.1. The lowest BCUT2D eigenvalue weighted by atomic mass is 10.0. The summed E-state index contributed by atoms with van der Waals surface area (Å²) in [5.41, 5.74) is 0. The molecule has 0 saturated carbocycles. The maximum atomic E-state index is 12.9. The molecule has 0 aromatic heterocycles. The van der Waals surface area contributed by atoms with E-state index in [1.54, 1.807) is 0 Å². The van der Waals surface area contributed by atoms with Crippen LogP contribution < -0.4 is 0 Å². The van der Waals surface area contributed by atoms with Gasteiger partial charge in [-0.3, -0.25) is 14.4 Å².